The molecule has 0 saturated carbocycles. The molecular weight excluding hydrogens is 254 g/mol. The first kappa shape index (κ1) is 16.6. The van der Waals surface area contributed by atoms with Gasteiger partial charge in [-0.1, -0.05) is 58.3 Å². The molecule has 0 aliphatic carbocycles. The SMILES string of the molecule is CCCCCCCCCCCC(=O)n1c(O)ccc1O. The van der Waals surface area contributed by atoms with E-state index in [0.717, 1.165) is 23.8 Å². The Kier molecular flexibility index (Phi) is 7.85. The van der Waals surface area contributed by atoms with Gasteiger partial charge in [-0.25, -0.2) is 4.57 Å². The molecular formula is C16H27NO3. The molecule has 0 atom stereocenters. The van der Waals surface area contributed by atoms with E-state index in [0.29, 0.717) is 6.42 Å². The highest BCUT2D eigenvalue weighted by atomic mass is 16.3. The van der Waals surface area contributed by atoms with Crippen LogP contribution in [0.25, 0.3) is 0 Å². The standard InChI is InChI=1S/C16H27NO3/c1-2-3-4-5-6-7-8-9-10-11-14(18)17-15(19)12-13-16(17)20/h12-13,19-20H,2-11H2,1H3. The summed E-state index contributed by atoms with van der Waals surface area (Å²) in [6, 6.07) is 2.65. The highest BCUT2D eigenvalue weighted by molar-refractivity contribution is 5.82. The van der Waals surface area contributed by atoms with Crippen LogP contribution in [0.5, 0.6) is 11.8 Å². The number of nitrogens with zero attached hydrogens (tertiary/aromatic N) is 1. The number of aromatic nitrogens is 1. The number of unbranched alkanes of at least 4 members (excludes halogenated alkanes) is 8. The van der Waals surface area contributed by atoms with Gasteiger partial charge < -0.3 is 10.2 Å². The van der Waals surface area contributed by atoms with Gasteiger partial charge in [0.25, 0.3) is 0 Å². The molecule has 0 saturated heterocycles. The molecule has 20 heavy (non-hydrogen) atoms. The Hall–Kier alpha value is -1.45. The molecule has 0 aliphatic rings. The lowest BCUT2D eigenvalue weighted by Crippen LogP contribution is -2.08. The Bertz CT molecular complexity index is 379. The summed E-state index contributed by atoms with van der Waals surface area (Å²) in [5, 5.41) is 18.9. The summed E-state index contributed by atoms with van der Waals surface area (Å²) in [5.74, 6) is -0.625. The van der Waals surface area contributed by atoms with E-state index in [1.54, 1.807) is 0 Å². The third-order valence-corrected chi connectivity index (χ3v) is 3.58. The molecule has 0 unspecified atom stereocenters. The van der Waals surface area contributed by atoms with Crippen molar-refractivity contribution in [2.75, 3.05) is 0 Å². The second kappa shape index (κ2) is 9.45. The Labute approximate surface area is 121 Å². The summed E-state index contributed by atoms with van der Waals surface area (Å²) >= 11 is 0. The van der Waals surface area contributed by atoms with Crippen LogP contribution in [0.3, 0.4) is 0 Å². The van der Waals surface area contributed by atoms with Crippen molar-refractivity contribution in [3.8, 4) is 11.8 Å². The average Bonchev–Trinajstić information content (AvgIpc) is 2.76. The van der Waals surface area contributed by atoms with Gasteiger partial charge in [-0.2, -0.15) is 0 Å². The zero-order valence-electron chi connectivity index (χ0n) is 12.5. The van der Waals surface area contributed by atoms with Gasteiger partial charge in [-0.15, -0.1) is 0 Å². The second-order valence-electron chi connectivity index (χ2n) is 5.36. The topological polar surface area (TPSA) is 62.5 Å². The predicted octanol–water partition coefficient (Wildman–Crippen LogP) is 4.46. The van der Waals surface area contributed by atoms with Gasteiger partial charge in [0.2, 0.25) is 17.7 Å². The zero-order valence-corrected chi connectivity index (χ0v) is 12.5. The molecule has 0 radical (unpaired) electrons. The van der Waals surface area contributed by atoms with Crippen molar-refractivity contribution in [2.45, 2.75) is 71.1 Å². The number of hydrogen-bond donors (Lipinski definition) is 2. The summed E-state index contributed by atoms with van der Waals surface area (Å²) in [6.45, 7) is 2.22. The van der Waals surface area contributed by atoms with E-state index < -0.39 is 0 Å². The van der Waals surface area contributed by atoms with E-state index in [4.69, 9.17) is 0 Å². The van der Waals surface area contributed by atoms with Crippen molar-refractivity contribution in [3.63, 3.8) is 0 Å². The van der Waals surface area contributed by atoms with E-state index in [2.05, 4.69) is 6.92 Å². The van der Waals surface area contributed by atoms with Crippen LogP contribution in [-0.2, 0) is 0 Å². The third kappa shape index (κ3) is 5.68. The lowest BCUT2D eigenvalue weighted by Gasteiger charge is -2.05. The van der Waals surface area contributed by atoms with Gasteiger partial charge >= 0.3 is 0 Å². The van der Waals surface area contributed by atoms with Crippen LogP contribution in [0, 0.1) is 0 Å². The molecule has 1 rings (SSSR count). The molecule has 0 spiro atoms. The van der Waals surface area contributed by atoms with Gasteiger partial charge in [0.1, 0.15) is 0 Å². The van der Waals surface area contributed by atoms with Crippen LogP contribution in [0.1, 0.15) is 75.9 Å². The molecule has 0 aliphatic heterocycles. The van der Waals surface area contributed by atoms with Crippen LogP contribution in [0.15, 0.2) is 12.1 Å². The Morgan fingerprint density at radius 2 is 1.35 bits per heavy atom. The maximum atomic E-state index is 11.8. The summed E-state index contributed by atoms with van der Waals surface area (Å²) < 4.78 is 0.963. The minimum absolute atomic E-state index is 0.191. The fraction of sp³-hybridized carbons (Fsp3) is 0.688. The van der Waals surface area contributed by atoms with Crippen molar-refractivity contribution in [2.24, 2.45) is 0 Å². The molecule has 1 aromatic rings. The molecule has 0 amide bonds. The maximum Gasteiger partial charge on any atom is 0.236 e. The highest BCUT2D eigenvalue weighted by Crippen LogP contribution is 2.22. The highest BCUT2D eigenvalue weighted by Gasteiger charge is 2.13. The van der Waals surface area contributed by atoms with E-state index in [1.807, 2.05) is 0 Å². The van der Waals surface area contributed by atoms with Crippen LogP contribution >= 0.6 is 0 Å². The quantitative estimate of drug-likeness (QED) is 0.622. The third-order valence-electron chi connectivity index (χ3n) is 3.58. The lowest BCUT2D eigenvalue weighted by molar-refractivity contribution is 0.0880. The zero-order chi connectivity index (χ0) is 14.8. The van der Waals surface area contributed by atoms with Gasteiger partial charge in [0.05, 0.1) is 0 Å². The normalized spacial score (nSPS) is 10.8. The molecule has 1 heterocycles. The van der Waals surface area contributed by atoms with Crippen molar-refractivity contribution in [1.29, 1.82) is 0 Å². The van der Waals surface area contributed by atoms with E-state index in [9.17, 15) is 15.0 Å². The number of hydrogen-bond acceptors (Lipinski definition) is 3. The van der Waals surface area contributed by atoms with Gasteiger partial charge in [0, 0.05) is 18.6 Å². The summed E-state index contributed by atoms with van der Waals surface area (Å²) in [4.78, 5) is 11.8. The van der Waals surface area contributed by atoms with Crippen LogP contribution in [-0.4, -0.2) is 20.7 Å². The first-order chi connectivity index (χ1) is 9.66. The Balaban J connectivity index is 2.06. The average molecular weight is 281 g/mol. The molecule has 0 fully saturated rings. The summed E-state index contributed by atoms with van der Waals surface area (Å²) in [6.07, 6.45) is 11.1. The van der Waals surface area contributed by atoms with Crippen molar-refractivity contribution in [1.82, 2.24) is 4.57 Å². The van der Waals surface area contributed by atoms with Gasteiger partial charge in [-0.3, -0.25) is 4.79 Å². The fourth-order valence-corrected chi connectivity index (χ4v) is 2.37. The van der Waals surface area contributed by atoms with E-state index in [-0.39, 0.29) is 17.7 Å². The largest absolute Gasteiger partial charge is 0.494 e. The number of carbonyl (C=O) groups is 1. The molecule has 114 valence electrons. The number of carbonyl (C=O) groups excluding carboxylic acids is 1. The molecule has 4 heteroatoms. The predicted molar refractivity (Wildman–Crippen MR) is 80.2 cm³/mol. The monoisotopic (exact) mass is 281 g/mol. The molecule has 0 aromatic carbocycles. The van der Waals surface area contributed by atoms with Crippen molar-refractivity contribution in [3.05, 3.63) is 12.1 Å². The maximum absolute atomic E-state index is 11.8. The number of rotatable bonds is 10. The lowest BCUT2D eigenvalue weighted by atomic mass is 10.1. The second-order valence-corrected chi connectivity index (χ2v) is 5.36. The minimum atomic E-state index is -0.243. The molecule has 2 N–H and O–H groups in total. The number of aromatic hydroxyl groups is 2. The Morgan fingerprint density at radius 3 is 1.85 bits per heavy atom. The smallest absolute Gasteiger partial charge is 0.236 e. The minimum Gasteiger partial charge on any atom is -0.494 e. The Morgan fingerprint density at radius 1 is 0.900 bits per heavy atom. The van der Waals surface area contributed by atoms with E-state index >= 15 is 0 Å². The van der Waals surface area contributed by atoms with Crippen LogP contribution in [0.2, 0.25) is 0 Å². The first-order valence-corrected chi connectivity index (χ1v) is 7.79. The summed E-state index contributed by atoms with van der Waals surface area (Å²) in [5.41, 5.74) is 0. The van der Waals surface area contributed by atoms with E-state index in [1.165, 1.54) is 50.7 Å². The van der Waals surface area contributed by atoms with Gasteiger partial charge in [0.15, 0.2) is 0 Å². The van der Waals surface area contributed by atoms with Crippen LogP contribution in [0.4, 0.5) is 0 Å². The van der Waals surface area contributed by atoms with Crippen molar-refractivity contribution < 1.29 is 15.0 Å². The van der Waals surface area contributed by atoms with Gasteiger partial charge in [-0.05, 0) is 6.42 Å². The van der Waals surface area contributed by atoms with Crippen LogP contribution < -0.4 is 0 Å². The van der Waals surface area contributed by atoms with Crippen molar-refractivity contribution >= 4 is 5.91 Å². The molecule has 1 aromatic heterocycles. The summed E-state index contributed by atoms with van der Waals surface area (Å²) in [7, 11) is 0. The molecule has 4 nitrogen and oxygen atoms in total. The fourth-order valence-electron chi connectivity index (χ4n) is 2.37. The first-order valence-electron chi connectivity index (χ1n) is 7.79. The molecule has 0 bridgehead atoms.